The highest BCUT2D eigenvalue weighted by Crippen LogP contribution is 2.19. The Labute approximate surface area is 92.1 Å². The molecule has 0 N–H and O–H groups in total. The molecule has 0 bridgehead atoms. The molecule has 1 nitrogen and oxygen atoms in total. The van der Waals surface area contributed by atoms with Crippen LogP contribution in [0.1, 0.15) is 18.1 Å². The Balaban J connectivity index is 2.69. The van der Waals surface area contributed by atoms with Gasteiger partial charge in [-0.2, -0.15) is 0 Å². The fourth-order valence-electron chi connectivity index (χ4n) is 1.40. The summed E-state index contributed by atoms with van der Waals surface area (Å²) in [6.45, 7) is 8.42. The van der Waals surface area contributed by atoms with Gasteiger partial charge in [-0.1, -0.05) is 30.4 Å². The van der Waals surface area contributed by atoms with Crippen LogP contribution < -0.4 is 4.74 Å². The van der Waals surface area contributed by atoms with Gasteiger partial charge in [0.2, 0.25) is 0 Å². The van der Waals surface area contributed by atoms with E-state index in [0.717, 1.165) is 12.2 Å². The van der Waals surface area contributed by atoms with Gasteiger partial charge in [0, 0.05) is 0 Å². The van der Waals surface area contributed by atoms with E-state index < -0.39 is 0 Å². The SMILES string of the molecule is C=CCc1ccc(OCC=CC)c(C)c1. The van der Waals surface area contributed by atoms with Crippen LogP contribution in [0.15, 0.2) is 43.0 Å². The third kappa shape index (κ3) is 3.62. The van der Waals surface area contributed by atoms with Gasteiger partial charge in [0.25, 0.3) is 0 Å². The Hall–Kier alpha value is -1.50. The summed E-state index contributed by atoms with van der Waals surface area (Å²) < 4.78 is 5.60. The lowest BCUT2D eigenvalue weighted by molar-refractivity contribution is 0.360. The molecule has 0 atom stereocenters. The Morgan fingerprint density at radius 3 is 2.80 bits per heavy atom. The van der Waals surface area contributed by atoms with Crippen molar-refractivity contribution >= 4 is 0 Å². The number of aryl methyl sites for hydroxylation is 1. The molecular weight excluding hydrogens is 184 g/mol. The zero-order valence-electron chi connectivity index (χ0n) is 9.49. The molecule has 0 spiro atoms. The molecule has 80 valence electrons. The Kier molecular flexibility index (Phi) is 4.69. The predicted octanol–water partition coefficient (Wildman–Crippen LogP) is 3.68. The molecule has 0 aliphatic rings. The first-order valence-corrected chi connectivity index (χ1v) is 5.22. The maximum absolute atomic E-state index is 5.60. The fourth-order valence-corrected chi connectivity index (χ4v) is 1.40. The summed E-state index contributed by atoms with van der Waals surface area (Å²) >= 11 is 0. The van der Waals surface area contributed by atoms with Crippen molar-refractivity contribution in [1.82, 2.24) is 0 Å². The van der Waals surface area contributed by atoms with E-state index in [1.807, 2.05) is 31.2 Å². The summed E-state index contributed by atoms with van der Waals surface area (Å²) in [5, 5.41) is 0. The van der Waals surface area contributed by atoms with E-state index in [9.17, 15) is 0 Å². The minimum Gasteiger partial charge on any atom is -0.489 e. The van der Waals surface area contributed by atoms with Crippen molar-refractivity contribution in [2.45, 2.75) is 20.3 Å². The maximum atomic E-state index is 5.60. The number of ether oxygens (including phenoxy) is 1. The minimum absolute atomic E-state index is 0.637. The van der Waals surface area contributed by atoms with Crippen LogP contribution in [0.25, 0.3) is 0 Å². The molecular formula is C14H18O. The predicted molar refractivity (Wildman–Crippen MR) is 65.4 cm³/mol. The zero-order chi connectivity index (χ0) is 11.1. The molecule has 1 aromatic carbocycles. The van der Waals surface area contributed by atoms with Crippen LogP contribution in [0.4, 0.5) is 0 Å². The fraction of sp³-hybridized carbons (Fsp3) is 0.286. The summed E-state index contributed by atoms with van der Waals surface area (Å²) in [6.07, 6.45) is 6.81. The molecule has 0 amide bonds. The third-order valence-corrected chi connectivity index (χ3v) is 2.19. The van der Waals surface area contributed by atoms with E-state index in [1.54, 1.807) is 0 Å². The summed E-state index contributed by atoms with van der Waals surface area (Å²) in [6, 6.07) is 6.25. The van der Waals surface area contributed by atoms with Crippen LogP contribution in [0.5, 0.6) is 5.75 Å². The van der Waals surface area contributed by atoms with Crippen molar-refractivity contribution in [2.75, 3.05) is 6.61 Å². The molecule has 0 aliphatic carbocycles. The lowest BCUT2D eigenvalue weighted by Crippen LogP contribution is -1.96. The van der Waals surface area contributed by atoms with Crippen LogP contribution >= 0.6 is 0 Å². The quantitative estimate of drug-likeness (QED) is 0.662. The van der Waals surface area contributed by atoms with Gasteiger partial charge in [0.05, 0.1) is 0 Å². The third-order valence-electron chi connectivity index (χ3n) is 2.19. The average Bonchev–Trinajstić information content (AvgIpc) is 2.22. The molecule has 0 radical (unpaired) electrons. The van der Waals surface area contributed by atoms with E-state index >= 15 is 0 Å². The van der Waals surface area contributed by atoms with E-state index in [0.29, 0.717) is 6.61 Å². The molecule has 0 heterocycles. The highest BCUT2D eigenvalue weighted by molar-refractivity contribution is 5.36. The minimum atomic E-state index is 0.637. The second-order valence-corrected chi connectivity index (χ2v) is 3.47. The van der Waals surface area contributed by atoms with Crippen LogP contribution in [0.3, 0.4) is 0 Å². The summed E-state index contributed by atoms with van der Waals surface area (Å²) in [4.78, 5) is 0. The summed E-state index contributed by atoms with van der Waals surface area (Å²) in [5.41, 5.74) is 2.46. The number of hydrogen-bond donors (Lipinski definition) is 0. The Bertz CT molecular complexity index is 350. The first-order valence-electron chi connectivity index (χ1n) is 5.22. The van der Waals surface area contributed by atoms with Gasteiger partial charge in [-0.3, -0.25) is 0 Å². The molecule has 15 heavy (non-hydrogen) atoms. The highest BCUT2D eigenvalue weighted by atomic mass is 16.5. The monoisotopic (exact) mass is 202 g/mol. The number of benzene rings is 1. The molecule has 0 aromatic heterocycles. The number of allylic oxidation sites excluding steroid dienone is 2. The first-order chi connectivity index (χ1) is 7.27. The van der Waals surface area contributed by atoms with Crippen LogP contribution in [-0.4, -0.2) is 6.61 Å². The van der Waals surface area contributed by atoms with Crippen LogP contribution in [0.2, 0.25) is 0 Å². The second kappa shape index (κ2) is 6.07. The lowest BCUT2D eigenvalue weighted by atomic mass is 10.1. The van der Waals surface area contributed by atoms with Crippen molar-refractivity contribution < 1.29 is 4.74 Å². The van der Waals surface area contributed by atoms with Gasteiger partial charge >= 0.3 is 0 Å². The summed E-state index contributed by atoms with van der Waals surface area (Å²) in [5.74, 6) is 0.959. The molecule has 1 aromatic rings. The highest BCUT2D eigenvalue weighted by Gasteiger charge is 1.99. The van der Waals surface area contributed by atoms with Gasteiger partial charge in [-0.15, -0.1) is 6.58 Å². The Morgan fingerprint density at radius 1 is 1.40 bits per heavy atom. The lowest BCUT2D eigenvalue weighted by Gasteiger charge is -2.08. The molecule has 0 unspecified atom stereocenters. The van der Waals surface area contributed by atoms with E-state index in [1.165, 1.54) is 11.1 Å². The number of hydrogen-bond acceptors (Lipinski definition) is 1. The van der Waals surface area contributed by atoms with Crippen molar-refractivity contribution in [3.8, 4) is 5.75 Å². The van der Waals surface area contributed by atoms with Crippen molar-refractivity contribution in [1.29, 1.82) is 0 Å². The van der Waals surface area contributed by atoms with E-state index in [4.69, 9.17) is 4.74 Å². The molecule has 0 fully saturated rings. The van der Waals surface area contributed by atoms with Crippen molar-refractivity contribution in [2.24, 2.45) is 0 Å². The van der Waals surface area contributed by atoms with Gasteiger partial charge in [-0.05, 0) is 37.5 Å². The van der Waals surface area contributed by atoms with Crippen molar-refractivity contribution in [3.05, 3.63) is 54.1 Å². The molecule has 1 heteroatoms. The molecule has 0 saturated carbocycles. The van der Waals surface area contributed by atoms with E-state index in [2.05, 4.69) is 25.6 Å². The normalized spacial score (nSPS) is 10.5. The van der Waals surface area contributed by atoms with E-state index in [-0.39, 0.29) is 0 Å². The summed E-state index contributed by atoms with van der Waals surface area (Å²) in [7, 11) is 0. The second-order valence-electron chi connectivity index (χ2n) is 3.47. The average molecular weight is 202 g/mol. The van der Waals surface area contributed by atoms with Gasteiger partial charge < -0.3 is 4.74 Å². The standard InChI is InChI=1S/C14H18O/c1-4-6-10-15-14-9-8-13(7-5-2)11-12(14)3/h4-6,8-9,11H,2,7,10H2,1,3H3. The Morgan fingerprint density at radius 2 is 2.20 bits per heavy atom. The molecule has 0 aliphatic heterocycles. The zero-order valence-corrected chi connectivity index (χ0v) is 9.49. The van der Waals surface area contributed by atoms with Crippen LogP contribution in [-0.2, 0) is 6.42 Å². The van der Waals surface area contributed by atoms with Gasteiger partial charge in [-0.25, -0.2) is 0 Å². The first kappa shape index (κ1) is 11.6. The molecule has 0 saturated heterocycles. The van der Waals surface area contributed by atoms with Gasteiger partial charge in [0.15, 0.2) is 0 Å². The largest absolute Gasteiger partial charge is 0.489 e. The van der Waals surface area contributed by atoms with Crippen molar-refractivity contribution in [3.63, 3.8) is 0 Å². The molecule has 1 rings (SSSR count). The number of rotatable bonds is 5. The van der Waals surface area contributed by atoms with Gasteiger partial charge in [0.1, 0.15) is 12.4 Å². The smallest absolute Gasteiger partial charge is 0.122 e. The maximum Gasteiger partial charge on any atom is 0.122 e. The van der Waals surface area contributed by atoms with Crippen LogP contribution in [0, 0.1) is 6.92 Å². The topological polar surface area (TPSA) is 9.23 Å².